The van der Waals surface area contributed by atoms with E-state index in [0.717, 1.165) is 31.7 Å². The normalized spacial score (nSPS) is 14.0. The molecule has 0 unspecified atom stereocenters. The number of nitrogens with zero attached hydrogens (tertiary/aromatic N) is 2. The Kier molecular flexibility index (Phi) is 8.63. The molecule has 2 heterocycles. The van der Waals surface area contributed by atoms with E-state index < -0.39 is 12.1 Å². The number of aromatic nitrogens is 1. The molecule has 1 aliphatic rings. The lowest BCUT2D eigenvalue weighted by Gasteiger charge is -2.33. The van der Waals surface area contributed by atoms with Gasteiger partial charge in [-0.05, 0) is 73.2 Å². The lowest BCUT2D eigenvalue weighted by atomic mass is 9.87. The molecule has 2 N–H and O–H groups in total. The second kappa shape index (κ2) is 11.7. The molecule has 10 heteroatoms. The molecule has 0 atom stereocenters. The maximum atomic E-state index is 13.0. The van der Waals surface area contributed by atoms with Crippen LogP contribution in [0.4, 0.5) is 29.1 Å². The molecular weight excluding hydrogens is 478 g/mol. The summed E-state index contributed by atoms with van der Waals surface area (Å²) in [5, 5.41) is 9.88. The van der Waals surface area contributed by atoms with Crippen molar-refractivity contribution in [1.29, 1.82) is 0 Å². The summed E-state index contributed by atoms with van der Waals surface area (Å²) in [6, 6.07) is 18.0. The van der Waals surface area contributed by atoms with E-state index in [-0.39, 0.29) is 11.7 Å². The van der Waals surface area contributed by atoms with Gasteiger partial charge in [-0.25, -0.2) is 14.2 Å². The molecule has 0 bridgehead atoms. The number of anilines is 2. The van der Waals surface area contributed by atoms with Crippen molar-refractivity contribution in [3.63, 3.8) is 0 Å². The first-order valence-electron chi connectivity index (χ1n) is 11.2. The Bertz CT molecular complexity index is 1170. The third-order valence-corrected chi connectivity index (χ3v) is 5.80. The lowest BCUT2D eigenvalue weighted by molar-refractivity contribution is -0.192. The van der Waals surface area contributed by atoms with Gasteiger partial charge in [0, 0.05) is 25.0 Å². The van der Waals surface area contributed by atoms with Gasteiger partial charge < -0.3 is 15.3 Å². The molecule has 190 valence electrons. The zero-order chi connectivity index (χ0) is 26.3. The lowest BCUT2D eigenvalue weighted by Crippen LogP contribution is -2.33. The van der Waals surface area contributed by atoms with Crippen LogP contribution in [0.5, 0.6) is 0 Å². The fourth-order valence-electron chi connectivity index (χ4n) is 3.91. The number of hydrogen-bond acceptors (Lipinski definition) is 4. The van der Waals surface area contributed by atoms with Gasteiger partial charge in [0.05, 0.1) is 5.56 Å². The second-order valence-electron chi connectivity index (χ2n) is 8.29. The third kappa shape index (κ3) is 7.27. The Morgan fingerprint density at radius 1 is 1.00 bits per heavy atom. The summed E-state index contributed by atoms with van der Waals surface area (Å²) in [6.07, 6.45) is -1.29. The average molecular weight is 503 g/mol. The SMILES string of the molecule is Cc1ccccc1C1CCN(c2ccc(C(=O)Nc3ccc(F)cc3)cn2)CC1.O=C(O)C(F)(F)F. The van der Waals surface area contributed by atoms with Crippen molar-refractivity contribution in [2.75, 3.05) is 23.3 Å². The predicted molar refractivity (Wildman–Crippen MR) is 128 cm³/mol. The molecule has 3 aromatic rings. The highest BCUT2D eigenvalue weighted by Crippen LogP contribution is 2.31. The van der Waals surface area contributed by atoms with Crippen molar-refractivity contribution in [1.82, 2.24) is 4.98 Å². The van der Waals surface area contributed by atoms with Gasteiger partial charge in [0.25, 0.3) is 5.91 Å². The molecule has 1 amide bonds. The molecule has 2 aromatic carbocycles. The largest absolute Gasteiger partial charge is 0.490 e. The first-order valence-corrected chi connectivity index (χ1v) is 11.2. The summed E-state index contributed by atoms with van der Waals surface area (Å²) in [6.45, 7) is 4.08. The number of piperidine rings is 1. The molecule has 36 heavy (non-hydrogen) atoms. The van der Waals surface area contributed by atoms with Crippen LogP contribution in [0.25, 0.3) is 0 Å². The molecule has 1 fully saturated rings. The summed E-state index contributed by atoms with van der Waals surface area (Å²) >= 11 is 0. The van der Waals surface area contributed by atoms with E-state index >= 15 is 0 Å². The topological polar surface area (TPSA) is 82.5 Å². The van der Waals surface area contributed by atoms with Gasteiger partial charge in [-0.2, -0.15) is 13.2 Å². The van der Waals surface area contributed by atoms with Gasteiger partial charge in [0.15, 0.2) is 0 Å². The Morgan fingerprint density at radius 3 is 2.14 bits per heavy atom. The number of carbonyl (C=O) groups is 2. The zero-order valence-corrected chi connectivity index (χ0v) is 19.4. The first kappa shape index (κ1) is 26.7. The molecule has 0 radical (unpaired) electrons. The number of carbonyl (C=O) groups excluding carboxylic acids is 1. The number of pyridine rings is 1. The van der Waals surface area contributed by atoms with Crippen molar-refractivity contribution >= 4 is 23.4 Å². The van der Waals surface area contributed by atoms with Crippen LogP contribution >= 0.6 is 0 Å². The number of rotatable bonds is 4. The highest BCUT2D eigenvalue weighted by atomic mass is 19.4. The quantitative estimate of drug-likeness (QED) is 0.440. The zero-order valence-electron chi connectivity index (χ0n) is 19.4. The van der Waals surface area contributed by atoms with Crippen molar-refractivity contribution in [2.45, 2.75) is 31.9 Å². The smallest absolute Gasteiger partial charge is 0.475 e. The second-order valence-corrected chi connectivity index (χ2v) is 8.29. The molecule has 0 spiro atoms. The Hall–Kier alpha value is -3.95. The van der Waals surface area contributed by atoms with Crippen LogP contribution in [-0.4, -0.2) is 41.2 Å². The van der Waals surface area contributed by atoms with E-state index in [0.29, 0.717) is 17.2 Å². The van der Waals surface area contributed by atoms with Gasteiger partial charge in [-0.3, -0.25) is 4.79 Å². The number of aryl methyl sites for hydroxylation is 1. The maximum Gasteiger partial charge on any atom is 0.490 e. The maximum absolute atomic E-state index is 13.0. The number of alkyl halides is 3. The van der Waals surface area contributed by atoms with Crippen molar-refractivity contribution in [3.8, 4) is 0 Å². The Labute approximate surface area is 205 Å². The van der Waals surface area contributed by atoms with Gasteiger partial charge >= 0.3 is 12.1 Å². The number of benzene rings is 2. The molecule has 0 saturated carbocycles. The molecule has 0 aliphatic carbocycles. The van der Waals surface area contributed by atoms with Crippen LogP contribution in [0.1, 0.15) is 40.2 Å². The number of carboxylic acid groups (broad SMARTS) is 1. The van der Waals surface area contributed by atoms with Gasteiger partial charge in [0.2, 0.25) is 0 Å². The van der Waals surface area contributed by atoms with Crippen LogP contribution < -0.4 is 10.2 Å². The van der Waals surface area contributed by atoms with E-state index in [2.05, 4.69) is 46.4 Å². The molecule has 6 nitrogen and oxygen atoms in total. The van der Waals surface area contributed by atoms with E-state index in [4.69, 9.17) is 9.90 Å². The molecular formula is C26H25F4N3O3. The highest BCUT2D eigenvalue weighted by molar-refractivity contribution is 6.04. The summed E-state index contributed by atoms with van der Waals surface area (Å²) in [5.74, 6) is -1.86. The van der Waals surface area contributed by atoms with Crippen molar-refractivity contribution < 1.29 is 32.3 Å². The summed E-state index contributed by atoms with van der Waals surface area (Å²) in [4.78, 5) is 28.0. The Morgan fingerprint density at radius 2 is 1.61 bits per heavy atom. The van der Waals surface area contributed by atoms with Crippen molar-refractivity contribution in [3.05, 3.63) is 89.4 Å². The van der Waals surface area contributed by atoms with Gasteiger partial charge in [-0.15, -0.1) is 0 Å². The van der Waals surface area contributed by atoms with Crippen molar-refractivity contribution in [2.24, 2.45) is 0 Å². The number of amides is 1. The standard InChI is InChI=1S/C24H24FN3O.C2HF3O2/c1-17-4-2-3-5-22(17)18-12-14-28(15-13-18)23-11-6-19(16-26-23)24(29)27-21-9-7-20(25)8-10-21;3-2(4,5)1(6)7/h2-11,16,18H,12-15H2,1H3,(H,27,29);(H,6,7). The fourth-order valence-corrected chi connectivity index (χ4v) is 3.91. The highest BCUT2D eigenvalue weighted by Gasteiger charge is 2.38. The van der Waals surface area contributed by atoms with Gasteiger partial charge in [-0.1, -0.05) is 24.3 Å². The molecule has 1 aliphatic heterocycles. The number of carboxylic acids is 1. The molecule has 4 rings (SSSR count). The van der Waals surface area contributed by atoms with Crippen LogP contribution in [0.2, 0.25) is 0 Å². The fraction of sp³-hybridized carbons (Fsp3) is 0.269. The predicted octanol–water partition coefficient (Wildman–Crippen LogP) is 5.80. The minimum Gasteiger partial charge on any atom is -0.475 e. The van der Waals surface area contributed by atoms with Crippen LogP contribution in [0.15, 0.2) is 66.9 Å². The molecule has 1 saturated heterocycles. The Balaban J connectivity index is 0.000000454. The van der Waals surface area contributed by atoms with Crippen LogP contribution in [0, 0.1) is 12.7 Å². The number of hydrogen-bond donors (Lipinski definition) is 2. The summed E-state index contributed by atoms with van der Waals surface area (Å²) < 4.78 is 44.7. The van der Waals surface area contributed by atoms with E-state index in [9.17, 15) is 22.4 Å². The van der Waals surface area contributed by atoms with E-state index in [1.807, 2.05) is 6.07 Å². The van der Waals surface area contributed by atoms with Crippen LogP contribution in [0.3, 0.4) is 0 Å². The molecule has 1 aromatic heterocycles. The number of aliphatic carboxylic acids is 1. The number of nitrogens with one attached hydrogen (secondary N) is 1. The summed E-state index contributed by atoms with van der Waals surface area (Å²) in [5.41, 5.74) is 3.85. The minimum atomic E-state index is -5.08. The number of halogens is 4. The van der Waals surface area contributed by atoms with Gasteiger partial charge in [0.1, 0.15) is 11.6 Å². The minimum absolute atomic E-state index is 0.256. The van der Waals surface area contributed by atoms with Crippen LogP contribution in [-0.2, 0) is 4.79 Å². The monoisotopic (exact) mass is 503 g/mol. The first-order chi connectivity index (χ1) is 17.0. The van der Waals surface area contributed by atoms with E-state index in [1.165, 1.54) is 35.4 Å². The summed E-state index contributed by atoms with van der Waals surface area (Å²) in [7, 11) is 0. The van der Waals surface area contributed by atoms with E-state index in [1.54, 1.807) is 12.3 Å². The average Bonchev–Trinajstić information content (AvgIpc) is 2.86. The third-order valence-electron chi connectivity index (χ3n) is 5.80.